The van der Waals surface area contributed by atoms with Gasteiger partial charge in [0.2, 0.25) is 0 Å². The van der Waals surface area contributed by atoms with Crippen LogP contribution < -0.4 is 0 Å². The molecule has 0 saturated heterocycles. The first-order chi connectivity index (χ1) is 6.90. The van der Waals surface area contributed by atoms with Crippen LogP contribution in [-0.2, 0) is 4.74 Å². The van der Waals surface area contributed by atoms with Crippen molar-refractivity contribution in [2.45, 2.75) is 6.18 Å². The highest BCUT2D eigenvalue weighted by Crippen LogP contribution is 2.15. The van der Waals surface area contributed by atoms with Gasteiger partial charge in [-0.15, -0.1) is 13.2 Å². The summed E-state index contributed by atoms with van der Waals surface area (Å²) in [7, 11) is 0. The number of carbonyl (C=O) groups excluding carboxylic acids is 1. The van der Waals surface area contributed by atoms with Crippen LogP contribution in [0.2, 0.25) is 0 Å². The Morgan fingerprint density at radius 3 is 2.07 bits per heavy atom. The third kappa shape index (κ3) is 6.59. The standard InChI is InChI=1S/C9H12F3NO2/c1-3-5-13(6-4-2)8(14)15-7-9(10,11)12/h3-4H,1-2,5-7H2. The van der Waals surface area contributed by atoms with Crippen molar-refractivity contribution >= 4 is 6.09 Å². The van der Waals surface area contributed by atoms with E-state index in [0.29, 0.717) is 0 Å². The maximum atomic E-state index is 11.7. The van der Waals surface area contributed by atoms with Crippen LogP contribution in [0.5, 0.6) is 0 Å². The summed E-state index contributed by atoms with van der Waals surface area (Å²) in [5, 5.41) is 0. The minimum atomic E-state index is -4.51. The molecule has 0 unspecified atom stereocenters. The van der Waals surface area contributed by atoms with Gasteiger partial charge in [0.05, 0.1) is 0 Å². The summed E-state index contributed by atoms with van der Waals surface area (Å²) >= 11 is 0. The molecule has 0 saturated carbocycles. The molecule has 0 aliphatic carbocycles. The molecule has 3 nitrogen and oxygen atoms in total. The zero-order chi connectivity index (χ0) is 11.9. The minimum Gasteiger partial charge on any atom is -0.440 e. The maximum Gasteiger partial charge on any atom is 0.422 e. The SMILES string of the molecule is C=CCN(CC=C)C(=O)OCC(F)(F)F. The van der Waals surface area contributed by atoms with E-state index >= 15 is 0 Å². The van der Waals surface area contributed by atoms with Gasteiger partial charge >= 0.3 is 12.3 Å². The molecule has 0 aromatic carbocycles. The van der Waals surface area contributed by atoms with E-state index in [9.17, 15) is 18.0 Å². The van der Waals surface area contributed by atoms with Crippen LogP contribution in [0.15, 0.2) is 25.3 Å². The van der Waals surface area contributed by atoms with Gasteiger partial charge in [0, 0.05) is 13.1 Å². The lowest BCUT2D eigenvalue weighted by Gasteiger charge is -2.19. The monoisotopic (exact) mass is 223 g/mol. The van der Waals surface area contributed by atoms with Gasteiger partial charge in [0.15, 0.2) is 6.61 Å². The molecule has 1 amide bonds. The minimum absolute atomic E-state index is 0.114. The highest BCUT2D eigenvalue weighted by Gasteiger charge is 2.30. The first kappa shape index (κ1) is 13.5. The fourth-order valence-corrected chi connectivity index (χ4v) is 0.770. The average molecular weight is 223 g/mol. The largest absolute Gasteiger partial charge is 0.440 e. The quantitative estimate of drug-likeness (QED) is 0.669. The summed E-state index contributed by atoms with van der Waals surface area (Å²) in [6.07, 6.45) is -2.77. The number of halogens is 3. The van der Waals surface area contributed by atoms with Gasteiger partial charge in [-0.1, -0.05) is 12.2 Å². The molecule has 0 aliphatic rings. The van der Waals surface area contributed by atoms with Crippen LogP contribution in [0.25, 0.3) is 0 Å². The Labute approximate surface area is 85.8 Å². The van der Waals surface area contributed by atoms with Gasteiger partial charge in [-0.2, -0.15) is 13.2 Å². The van der Waals surface area contributed by atoms with Crippen LogP contribution in [0, 0.1) is 0 Å². The van der Waals surface area contributed by atoms with Crippen molar-refractivity contribution in [2.75, 3.05) is 19.7 Å². The molecule has 0 atom stereocenters. The van der Waals surface area contributed by atoms with Crippen LogP contribution in [0.4, 0.5) is 18.0 Å². The number of carbonyl (C=O) groups is 1. The molecule has 0 heterocycles. The molecule has 6 heteroatoms. The molecule has 0 aliphatic heterocycles. The van der Waals surface area contributed by atoms with E-state index in [-0.39, 0.29) is 13.1 Å². The molecule has 0 radical (unpaired) electrons. The van der Waals surface area contributed by atoms with Crippen molar-refractivity contribution in [1.29, 1.82) is 0 Å². The fourth-order valence-electron chi connectivity index (χ4n) is 0.770. The van der Waals surface area contributed by atoms with E-state index in [1.807, 2.05) is 0 Å². The molecule has 0 rings (SSSR count). The van der Waals surface area contributed by atoms with Crippen LogP contribution >= 0.6 is 0 Å². The van der Waals surface area contributed by atoms with E-state index < -0.39 is 18.9 Å². The summed E-state index contributed by atoms with van der Waals surface area (Å²) in [4.78, 5) is 12.1. The Bertz CT molecular complexity index is 228. The van der Waals surface area contributed by atoms with E-state index in [1.54, 1.807) is 0 Å². The van der Waals surface area contributed by atoms with Crippen molar-refractivity contribution in [3.05, 3.63) is 25.3 Å². The topological polar surface area (TPSA) is 29.5 Å². The van der Waals surface area contributed by atoms with E-state index in [1.165, 1.54) is 12.2 Å². The maximum absolute atomic E-state index is 11.7. The van der Waals surface area contributed by atoms with E-state index in [2.05, 4.69) is 17.9 Å². The molecule has 0 N–H and O–H groups in total. The Hall–Kier alpha value is -1.46. The Morgan fingerprint density at radius 2 is 1.73 bits per heavy atom. The van der Waals surface area contributed by atoms with Gasteiger partial charge in [-0.3, -0.25) is 0 Å². The third-order valence-electron chi connectivity index (χ3n) is 1.32. The van der Waals surface area contributed by atoms with Crippen LogP contribution in [0.1, 0.15) is 0 Å². The number of ether oxygens (including phenoxy) is 1. The van der Waals surface area contributed by atoms with E-state index in [4.69, 9.17) is 0 Å². The number of hydrogen-bond donors (Lipinski definition) is 0. The third-order valence-corrected chi connectivity index (χ3v) is 1.32. The predicted molar refractivity (Wildman–Crippen MR) is 49.4 cm³/mol. The molecule has 0 aromatic heterocycles. The molecule has 0 spiro atoms. The van der Waals surface area contributed by atoms with Gasteiger partial charge in [-0.25, -0.2) is 4.79 Å². The highest BCUT2D eigenvalue weighted by atomic mass is 19.4. The van der Waals surface area contributed by atoms with E-state index in [0.717, 1.165) is 4.90 Å². The van der Waals surface area contributed by atoms with Crippen LogP contribution in [-0.4, -0.2) is 36.9 Å². The normalized spacial score (nSPS) is 10.6. The predicted octanol–water partition coefficient (Wildman–Crippen LogP) is 2.36. The second-order valence-corrected chi connectivity index (χ2v) is 2.65. The van der Waals surface area contributed by atoms with Crippen molar-refractivity contribution in [3.8, 4) is 0 Å². The number of rotatable bonds is 5. The molecule has 0 fully saturated rings. The summed E-state index contributed by atoms with van der Waals surface area (Å²) in [6.45, 7) is 5.38. The fraction of sp³-hybridized carbons (Fsp3) is 0.444. The number of amides is 1. The summed E-state index contributed by atoms with van der Waals surface area (Å²) in [6, 6.07) is 0. The molecule has 15 heavy (non-hydrogen) atoms. The second kappa shape index (κ2) is 6.10. The van der Waals surface area contributed by atoms with Gasteiger partial charge in [-0.05, 0) is 0 Å². The average Bonchev–Trinajstić information content (AvgIpc) is 2.13. The molecule has 0 bridgehead atoms. The van der Waals surface area contributed by atoms with Gasteiger partial charge in [0.25, 0.3) is 0 Å². The molecular formula is C9H12F3NO2. The smallest absolute Gasteiger partial charge is 0.422 e. The zero-order valence-electron chi connectivity index (χ0n) is 8.09. The molecule has 0 aromatic rings. The second-order valence-electron chi connectivity index (χ2n) is 2.65. The lowest BCUT2D eigenvalue weighted by Crippen LogP contribution is -2.34. The summed E-state index contributed by atoms with van der Waals surface area (Å²) < 4.78 is 39.2. The summed E-state index contributed by atoms with van der Waals surface area (Å²) in [5.41, 5.74) is 0. The number of hydrogen-bond acceptors (Lipinski definition) is 2. The zero-order valence-corrected chi connectivity index (χ0v) is 8.09. The Kier molecular flexibility index (Phi) is 5.51. The van der Waals surface area contributed by atoms with Crippen molar-refractivity contribution in [2.24, 2.45) is 0 Å². The summed E-state index contributed by atoms with van der Waals surface area (Å²) in [5.74, 6) is 0. The lowest BCUT2D eigenvalue weighted by molar-refractivity contribution is -0.162. The lowest BCUT2D eigenvalue weighted by atomic mass is 10.5. The molecular weight excluding hydrogens is 211 g/mol. The molecule has 86 valence electrons. The highest BCUT2D eigenvalue weighted by molar-refractivity contribution is 5.68. The Morgan fingerprint density at radius 1 is 1.27 bits per heavy atom. The number of alkyl halides is 3. The first-order valence-electron chi connectivity index (χ1n) is 4.11. The van der Waals surface area contributed by atoms with Crippen LogP contribution in [0.3, 0.4) is 0 Å². The van der Waals surface area contributed by atoms with Gasteiger partial charge in [0.1, 0.15) is 0 Å². The number of nitrogens with zero attached hydrogens (tertiary/aromatic N) is 1. The Balaban J connectivity index is 4.13. The van der Waals surface area contributed by atoms with Crippen molar-refractivity contribution in [1.82, 2.24) is 4.90 Å². The van der Waals surface area contributed by atoms with Crippen molar-refractivity contribution in [3.63, 3.8) is 0 Å². The first-order valence-corrected chi connectivity index (χ1v) is 4.11. The van der Waals surface area contributed by atoms with Crippen molar-refractivity contribution < 1.29 is 22.7 Å². The van der Waals surface area contributed by atoms with Gasteiger partial charge < -0.3 is 9.64 Å².